The Hall–Kier alpha value is -0.610. The third kappa shape index (κ3) is 52.4. The number of unbranched alkanes of at least 4 members (excludes halogenated alkanes) is 50. The molecule has 0 aliphatic heterocycles. The van der Waals surface area contributed by atoms with Gasteiger partial charge in [-0.2, -0.15) is 0 Å². The molecule has 4 nitrogen and oxygen atoms in total. The summed E-state index contributed by atoms with van der Waals surface area (Å²) in [4.78, 5) is 12.5. The average molecular weight is 905 g/mol. The van der Waals surface area contributed by atoms with Crippen LogP contribution in [-0.4, -0.2) is 34.9 Å². The number of amides is 1. The van der Waals surface area contributed by atoms with Gasteiger partial charge in [-0.05, 0) is 12.8 Å². The van der Waals surface area contributed by atoms with E-state index in [2.05, 4.69) is 19.2 Å². The number of hydrogen-bond donors (Lipinski definition) is 3. The Balaban J connectivity index is 3.37. The van der Waals surface area contributed by atoms with E-state index in [1.807, 2.05) is 0 Å². The second kappa shape index (κ2) is 56.7. The van der Waals surface area contributed by atoms with Crippen molar-refractivity contribution in [1.29, 1.82) is 0 Å². The number of carbonyl (C=O) groups is 1. The van der Waals surface area contributed by atoms with E-state index in [1.54, 1.807) is 0 Å². The maximum Gasteiger partial charge on any atom is 0.220 e. The van der Waals surface area contributed by atoms with Crippen molar-refractivity contribution in [3.8, 4) is 0 Å². The SMILES string of the molecule is CCCCCCCCCCCCCCCCCCCCCCCCCCCCCCCCCC(O)C(CO)NC(=O)CCCCCCCCCCCCCCCCCCCCCCC. The molecule has 0 radical (unpaired) electrons. The highest BCUT2D eigenvalue weighted by molar-refractivity contribution is 5.76. The van der Waals surface area contributed by atoms with Crippen LogP contribution >= 0.6 is 0 Å². The van der Waals surface area contributed by atoms with Crippen LogP contribution in [0.3, 0.4) is 0 Å². The van der Waals surface area contributed by atoms with E-state index < -0.39 is 12.1 Å². The summed E-state index contributed by atoms with van der Waals surface area (Å²) < 4.78 is 0. The highest BCUT2D eigenvalue weighted by Gasteiger charge is 2.20. The molecule has 0 aromatic rings. The minimum Gasteiger partial charge on any atom is -0.394 e. The molecule has 0 saturated heterocycles. The number of carbonyl (C=O) groups excluding carboxylic acids is 1. The maximum atomic E-state index is 12.5. The van der Waals surface area contributed by atoms with E-state index in [9.17, 15) is 15.0 Å². The minimum absolute atomic E-state index is 0.0215. The van der Waals surface area contributed by atoms with Crippen LogP contribution in [0.5, 0.6) is 0 Å². The summed E-state index contributed by atoms with van der Waals surface area (Å²) in [6.07, 6.45) is 72.6. The Bertz CT molecular complexity index is 849. The van der Waals surface area contributed by atoms with Crippen LogP contribution in [0.25, 0.3) is 0 Å². The highest BCUT2D eigenvalue weighted by atomic mass is 16.3. The van der Waals surface area contributed by atoms with E-state index >= 15 is 0 Å². The quantitative estimate of drug-likeness (QED) is 0.0533. The van der Waals surface area contributed by atoms with Crippen molar-refractivity contribution in [3.05, 3.63) is 0 Å². The number of hydrogen-bond acceptors (Lipinski definition) is 3. The first-order chi connectivity index (χ1) is 31.7. The van der Waals surface area contributed by atoms with Gasteiger partial charge < -0.3 is 15.5 Å². The molecule has 2 atom stereocenters. The van der Waals surface area contributed by atoms with Crippen LogP contribution in [0.4, 0.5) is 0 Å². The van der Waals surface area contributed by atoms with Gasteiger partial charge in [-0.25, -0.2) is 0 Å². The van der Waals surface area contributed by atoms with Gasteiger partial charge in [0.2, 0.25) is 5.91 Å². The lowest BCUT2D eigenvalue weighted by Crippen LogP contribution is -2.45. The van der Waals surface area contributed by atoms with Gasteiger partial charge in [-0.1, -0.05) is 341 Å². The van der Waals surface area contributed by atoms with Crippen LogP contribution < -0.4 is 5.32 Å². The summed E-state index contributed by atoms with van der Waals surface area (Å²) in [5, 5.41) is 23.4. The fourth-order valence-corrected chi connectivity index (χ4v) is 10.0. The molecule has 384 valence electrons. The van der Waals surface area contributed by atoms with Crippen LogP contribution in [0, 0.1) is 0 Å². The Morgan fingerprint density at radius 2 is 0.500 bits per heavy atom. The zero-order chi connectivity index (χ0) is 46.3. The maximum absolute atomic E-state index is 12.5. The third-order valence-electron chi connectivity index (χ3n) is 14.6. The standard InChI is InChI=1S/C60H121NO3/c1-3-5-7-9-11-13-15-17-19-21-23-25-26-27-28-29-30-31-32-33-34-36-37-39-41-43-45-47-49-51-53-55-59(63)58(57-62)61-60(64)56-54-52-50-48-46-44-42-40-38-35-24-22-20-18-16-14-12-10-8-6-4-2/h58-59,62-63H,3-57H2,1-2H3,(H,61,64). The molecule has 0 bridgehead atoms. The summed E-state index contributed by atoms with van der Waals surface area (Å²) in [7, 11) is 0. The second-order valence-corrected chi connectivity index (χ2v) is 21.1. The Kier molecular flexibility index (Phi) is 56.2. The van der Waals surface area contributed by atoms with Gasteiger partial charge in [0, 0.05) is 6.42 Å². The predicted octanol–water partition coefficient (Wildman–Crippen LogP) is 19.9. The van der Waals surface area contributed by atoms with Crippen molar-refractivity contribution in [2.24, 2.45) is 0 Å². The lowest BCUT2D eigenvalue weighted by atomic mass is 10.0. The van der Waals surface area contributed by atoms with Gasteiger partial charge in [0.15, 0.2) is 0 Å². The Morgan fingerprint density at radius 1 is 0.312 bits per heavy atom. The summed E-state index contributed by atoms with van der Waals surface area (Å²) in [5.41, 5.74) is 0. The van der Waals surface area contributed by atoms with E-state index in [0.717, 1.165) is 25.7 Å². The van der Waals surface area contributed by atoms with Crippen LogP contribution in [0.1, 0.15) is 361 Å². The van der Waals surface area contributed by atoms with Crippen molar-refractivity contribution in [2.75, 3.05) is 6.61 Å². The first kappa shape index (κ1) is 63.4. The largest absolute Gasteiger partial charge is 0.394 e. The molecule has 0 heterocycles. The number of nitrogens with one attached hydrogen (secondary N) is 1. The summed E-state index contributed by atoms with van der Waals surface area (Å²) >= 11 is 0. The van der Waals surface area contributed by atoms with Crippen LogP contribution in [0.2, 0.25) is 0 Å². The Labute approximate surface area is 404 Å². The molecule has 0 saturated carbocycles. The van der Waals surface area contributed by atoms with Gasteiger partial charge >= 0.3 is 0 Å². The fraction of sp³-hybridized carbons (Fsp3) is 0.983. The summed E-state index contributed by atoms with van der Waals surface area (Å²) in [5.74, 6) is -0.0215. The van der Waals surface area contributed by atoms with Gasteiger partial charge in [0.1, 0.15) is 0 Å². The van der Waals surface area contributed by atoms with Crippen molar-refractivity contribution >= 4 is 5.91 Å². The first-order valence-electron chi connectivity index (χ1n) is 30.2. The van der Waals surface area contributed by atoms with Gasteiger partial charge in [0.25, 0.3) is 0 Å². The monoisotopic (exact) mass is 904 g/mol. The molecule has 0 spiro atoms. The summed E-state index contributed by atoms with van der Waals surface area (Å²) in [6.45, 7) is 4.41. The lowest BCUT2D eigenvalue weighted by molar-refractivity contribution is -0.123. The number of aliphatic hydroxyl groups is 2. The molecule has 0 rings (SSSR count). The van der Waals surface area contributed by atoms with Gasteiger partial charge in [-0.15, -0.1) is 0 Å². The molecule has 0 fully saturated rings. The molecule has 4 heteroatoms. The van der Waals surface area contributed by atoms with Gasteiger partial charge in [0.05, 0.1) is 18.8 Å². The lowest BCUT2D eigenvalue weighted by Gasteiger charge is -2.22. The molecule has 2 unspecified atom stereocenters. The topological polar surface area (TPSA) is 69.6 Å². The smallest absolute Gasteiger partial charge is 0.220 e. The molecular weight excluding hydrogens is 783 g/mol. The molecule has 0 aliphatic rings. The fourth-order valence-electron chi connectivity index (χ4n) is 10.0. The Morgan fingerprint density at radius 3 is 0.703 bits per heavy atom. The minimum atomic E-state index is -0.655. The third-order valence-corrected chi connectivity index (χ3v) is 14.6. The normalized spacial score (nSPS) is 12.6. The molecule has 0 aromatic heterocycles. The first-order valence-corrected chi connectivity index (χ1v) is 30.2. The van der Waals surface area contributed by atoms with E-state index in [0.29, 0.717) is 12.8 Å². The molecule has 64 heavy (non-hydrogen) atoms. The molecular formula is C60H121NO3. The molecule has 1 amide bonds. The van der Waals surface area contributed by atoms with Gasteiger partial charge in [-0.3, -0.25) is 4.79 Å². The molecule has 0 aliphatic carbocycles. The zero-order valence-corrected chi connectivity index (χ0v) is 44.3. The van der Waals surface area contributed by atoms with Crippen molar-refractivity contribution < 1.29 is 15.0 Å². The average Bonchev–Trinajstić information content (AvgIpc) is 3.30. The van der Waals surface area contributed by atoms with E-state index in [-0.39, 0.29) is 12.5 Å². The predicted molar refractivity (Wildman–Crippen MR) is 286 cm³/mol. The zero-order valence-electron chi connectivity index (χ0n) is 44.3. The van der Waals surface area contributed by atoms with Crippen LogP contribution in [0.15, 0.2) is 0 Å². The molecule has 3 N–H and O–H groups in total. The number of aliphatic hydroxyl groups excluding tert-OH is 2. The van der Waals surface area contributed by atoms with Crippen LogP contribution in [-0.2, 0) is 4.79 Å². The second-order valence-electron chi connectivity index (χ2n) is 21.1. The van der Waals surface area contributed by atoms with Crippen molar-refractivity contribution in [3.63, 3.8) is 0 Å². The summed E-state index contributed by atoms with van der Waals surface area (Å²) in [6, 6.07) is -0.532. The van der Waals surface area contributed by atoms with Crippen molar-refractivity contribution in [2.45, 2.75) is 373 Å². The van der Waals surface area contributed by atoms with E-state index in [1.165, 1.54) is 308 Å². The van der Waals surface area contributed by atoms with Crippen molar-refractivity contribution in [1.82, 2.24) is 5.32 Å². The number of rotatable bonds is 57. The highest BCUT2D eigenvalue weighted by Crippen LogP contribution is 2.19. The molecule has 0 aromatic carbocycles. The van der Waals surface area contributed by atoms with E-state index in [4.69, 9.17) is 0 Å².